The van der Waals surface area contributed by atoms with E-state index in [1.165, 1.54) is 0 Å². The number of carbonyl (C=O) groups excluding carboxylic acids is 2. The van der Waals surface area contributed by atoms with Crippen molar-refractivity contribution < 1.29 is 14.3 Å². The Balaban J connectivity index is 1.85. The summed E-state index contributed by atoms with van der Waals surface area (Å²) < 4.78 is 5.19. The number of hydrogen-bond acceptors (Lipinski definition) is 3. The Bertz CT molecular complexity index is 758. The Labute approximate surface area is 155 Å². The zero-order valence-corrected chi connectivity index (χ0v) is 15.6. The van der Waals surface area contributed by atoms with Crippen LogP contribution in [0.3, 0.4) is 0 Å². The van der Waals surface area contributed by atoms with Crippen molar-refractivity contribution in [1.82, 2.24) is 5.32 Å². The molecule has 5 heteroatoms. The molecule has 0 unspecified atom stereocenters. The van der Waals surface area contributed by atoms with Crippen molar-refractivity contribution in [2.24, 2.45) is 0 Å². The van der Waals surface area contributed by atoms with Gasteiger partial charge in [-0.15, -0.1) is 0 Å². The number of carbonyl (C=O) groups is 2. The lowest BCUT2D eigenvalue weighted by atomic mass is 10.1. The van der Waals surface area contributed by atoms with Crippen LogP contribution in [0.1, 0.15) is 24.5 Å². The van der Waals surface area contributed by atoms with Gasteiger partial charge in [-0.2, -0.15) is 0 Å². The van der Waals surface area contributed by atoms with Gasteiger partial charge in [-0.25, -0.2) is 0 Å². The fourth-order valence-corrected chi connectivity index (χ4v) is 2.77. The topological polar surface area (TPSA) is 58.6 Å². The maximum absolute atomic E-state index is 12.5. The average Bonchev–Trinajstić information content (AvgIpc) is 2.62. The van der Waals surface area contributed by atoms with E-state index in [9.17, 15) is 9.59 Å². The molecule has 0 aliphatic carbocycles. The minimum absolute atomic E-state index is 0.153. The molecule has 0 fully saturated rings. The van der Waals surface area contributed by atoms with Gasteiger partial charge in [0.05, 0.1) is 7.11 Å². The van der Waals surface area contributed by atoms with E-state index < -0.39 is 0 Å². The third-order valence-corrected chi connectivity index (χ3v) is 4.11. The number of aryl methyl sites for hydroxylation is 1. The molecule has 0 bridgehead atoms. The van der Waals surface area contributed by atoms with Crippen molar-refractivity contribution in [3.63, 3.8) is 0 Å². The van der Waals surface area contributed by atoms with Crippen LogP contribution < -0.4 is 15.0 Å². The SMILES string of the molecule is CCN(C(=O)CC(=O)NCCc1cccc(OC)c1)c1cccc(C)c1. The molecule has 0 spiro atoms. The molecule has 0 radical (unpaired) electrons. The third kappa shape index (κ3) is 5.62. The smallest absolute Gasteiger partial charge is 0.236 e. The number of hydrogen-bond donors (Lipinski definition) is 1. The normalized spacial score (nSPS) is 10.3. The van der Waals surface area contributed by atoms with Gasteiger partial charge in [0.1, 0.15) is 12.2 Å². The highest BCUT2D eigenvalue weighted by Crippen LogP contribution is 2.17. The number of rotatable bonds is 8. The largest absolute Gasteiger partial charge is 0.497 e. The van der Waals surface area contributed by atoms with Crippen LogP contribution in [-0.2, 0) is 16.0 Å². The van der Waals surface area contributed by atoms with E-state index in [0.717, 1.165) is 22.6 Å². The van der Waals surface area contributed by atoms with Crippen LogP contribution in [0.15, 0.2) is 48.5 Å². The van der Waals surface area contributed by atoms with Gasteiger partial charge in [-0.1, -0.05) is 24.3 Å². The molecule has 0 aromatic heterocycles. The molecule has 0 heterocycles. The lowest BCUT2D eigenvalue weighted by molar-refractivity contribution is -0.127. The maximum Gasteiger partial charge on any atom is 0.236 e. The fraction of sp³-hybridized carbons (Fsp3) is 0.333. The van der Waals surface area contributed by atoms with Crippen molar-refractivity contribution in [2.45, 2.75) is 26.7 Å². The van der Waals surface area contributed by atoms with Gasteiger partial charge in [-0.3, -0.25) is 9.59 Å². The van der Waals surface area contributed by atoms with Crippen molar-refractivity contribution in [1.29, 1.82) is 0 Å². The fourth-order valence-electron chi connectivity index (χ4n) is 2.77. The van der Waals surface area contributed by atoms with Gasteiger partial charge in [0, 0.05) is 18.8 Å². The summed E-state index contributed by atoms with van der Waals surface area (Å²) in [4.78, 5) is 26.2. The van der Waals surface area contributed by atoms with Crippen molar-refractivity contribution in [2.75, 3.05) is 25.1 Å². The second kappa shape index (κ2) is 9.61. The first-order valence-corrected chi connectivity index (χ1v) is 8.80. The average molecular weight is 354 g/mol. The molecule has 0 atom stereocenters. The minimum atomic E-state index is -0.260. The monoisotopic (exact) mass is 354 g/mol. The standard InChI is InChI=1S/C21H26N2O3/c1-4-23(18-9-5-7-16(2)13-18)21(25)15-20(24)22-12-11-17-8-6-10-19(14-17)26-3/h5-10,13-14H,4,11-12,15H2,1-3H3,(H,22,24). The minimum Gasteiger partial charge on any atom is -0.497 e. The van der Waals surface area contributed by atoms with Gasteiger partial charge >= 0.3 is 0 Å². The highest BCUT2D eigenvalue weighted by Gasteiger charge is 2.17. The summed E-state index contributed by atoms with van der Waals surface area (Å²) in [5, 5.41) is 2.81. The Hall–Kier alpha value is -2.82. The second-order valence-electron chi connectivity index (χ2n) is 6.11. The molecular weight excluding hydrogens is 328 g/mol. The molecule has 0 saturated carbocycles. The number of amides is 2. The number of nitrogens with one attached hydrogen (secondary N) is 1. The lowest BCUT2D eigenvalue weighted by Gasteiger charge is -2.21. The van der Waals surface area contributed by atoms with E-state index in [0.29, 0.717) is 19.5 Å². The summed E-state index contributed by atoms with van der Waals surface area (Å²) in [5.74, 6) is 0.335. The molecule has 138 valence electrons. The second-order valence-corrected chi connectivity index (χ2v) is 6.11. The molecule has 0 aliphatic heterocycles. The summed E-state index contributed by atoms with van der Waals surface area (Å²) in [6.07, 6.45) is 0.534. The predicted molar refractivity (Wildman–Crippen MR) is 104 cm³/mol. The highest BCUT2D eigenvalue weighted by atomic mass is 16.5. The van der Waals surface area contributed by atoms with Gasteiger partial charge in [-0.05, 0) is 55.7 Å². The van der Waals surface area contributed by atoms with E-state index in [2.05, 4.69) is 5.32 Å². The predicted octanol–water partition coefficient (Wildman–Crippen LogP) is 3.11. The highest BCUT2D eigenvalue weighted by molar-refractivity contribution is 6.04. The molecule has 0 saturated heterocycles. The van der Waals surface area contributed by atoms with E-state index >= 15 is 0 Å². The summed E-state index contributed by atoms with van der Waals surface area (Å²) in [5.41, 5.74) is 2.98. The first-order chi connectivity index (χ1) is 12.5. The Kier molecular flexibility index (Phi) is 7.21. The molecule has 26 heavy (non-hydrogen) atoms. The Morgan fingerprint density at radius 3 is 2.58 bits per heavy atom. The van der Waals surface area contributed by atoms with Gasteiger partial charge < -0.3 is 15.0 Å². The van der Waals surface area contributed by atoms with E-state index in [1.54, 1.807) is 12.0 Å². The molecule has 1 N–H and O–H groups in total. The van der Waals surface area contributed by atoms with Crippen LogP contribution in [0, 0.1) is 6.92 Å². The number of ether oxygens (including phenoxy) is 1. The van der Waals surface area contributed by atoms with Gasteiger partial charge in [0.25, 0.3) is 0 Å². The molecule has 0 aliphatic rings. The van der Waals surface area contributed by atoms with E-state index in [-0.39, 0.29) is 18.2 Å². The third-order valence-electron chi connectivity index (χ3n) is 4.11. The molecule has 2 amide bonds. The molecular formula is C21H26N2O3. The van der Waals surface area contributed by atoms with Crippen LogP contribution in [0.5, 0.6) is 5.75 Å². The van der Waals surface area contributed by atoms with E-state index in [4.69, 9.17) is 4.74 Å². The van der Waals surface area contributed by atoms with Crippen molar-refractivity contribution in [3.8, 4) is 5.75 Å². The van der Waals surface area contributed by atoms with Crippen LogP contribution >= 0.6 is 0 Å². The molecule has 2 aromatic carbocycles. The van der Waals surface area contributed by atoms with Crippen LogP contribution in [0.2, 0.25) is 0 Å². The summed E-state index contributed by atoms with van der Waals surface area (Å²) in [6, 6.07) is 15.4. The van der Waals surface area contributed by atoms with Gasteiger partial charge in [0.15, 0.2) is 0 Å². The molecule has 5 nitrogen and oxygen atoms in total. The number of nitrogens with zero attached hydrogens (tertiary/aromatic N) is 1. The Morgan fingerprint density at radius 2 is 1.88 bits per heavy atom. The Morgan fingerprint density at radius 1 is 1.12 bits per heavy atom. The van der Waals surface area contributed by atoms with Crippen LogP contribution in [-0.4, -0.2) is 32.0 Å². The first kappa shape index (κ1) is 19.5. The zero-order valence-electron chi connectivity index (χ0n) is 15.6. The molecule has 2 aromatic rings. The van der Waals surface area contributed by atoms with Crippen molar-refractivity contribution >= 4 is 17.5 Å². The van der Waals surface area contributed by atoms with Gasteiger partial charge in [0.2, 0.25) is 11.8 Å². The van der Waals surface area contributed by atoms with Crippen LogP contribution in [0.4, 0.5) is 5.69 Å². The summed E-state index contributed by atoms with van der Waals surface area (Å²) in [7, 11) is 1.63. The van der Waals surface area contributed by atoms with Crippen LogP contribution in [0.25, 0.3) is 0 Å². The first-order valence-electron chi connectivity index (χ1n) is 8.80. The quantitative estimate of drug-likeness (QED) is 0.741. The number of anilines is 1. The van der Waals surface area contributed by atoms with E-state index in [1.807, 2.05) is 62.4 Å². The number of methoxy groups -OCH3 is 1. The maximum atomic E-state index is 12.5. The zero-order chi connectivity index (χ0) is 18.9. The number of benzene rings is 2. The van der Waals surface area contributed by atoms with Crippen molar-refractivity contribution in [3.05, 3.63) is 59.7 Å². The molecule has 2 rings (SSSR count). The summed E-state index contributed by atoms with van der Waals surface area (Å²) >= 11 is 0. The summed E-state index contributed by atoms with van der Waals surface area (Å²) in [6.45, 7) is 4.89. The lowest BCUT2D eigenvalue weighted by Crippen LogP contribution is -2.36.